The molecule has 0 saturated carbocycles. The summed E-state index contributed by atoms with van der Waals surface area (Å²) in [6.07, 6.45) is 10.3. The molecular formula is C33H42N2. The van der Waals surface area contributed by atoms with Crippen LogP contribution in [0.1, 0.15) is 86.8 Å². The zero-order chi connectivity index (χ0) is 25.2. The molecule has 0 fully saturated rings. The Morgan fingerprint density at radius 3 is 2.23 bits per heavy atom. The first kappa shape index (κ1) is 26.6. The quantitative estimate of drug-likeness (QED) is 0.251. The van der Waals surface area contributed by atoms with Crippen molar-refractivity contribution in [2.75, 3.05) is 0 Å². The number of benzene rings is 3. The maximum atomic E-state index is 4.61. The van der Waals surface area contributed by atoms with Crippen molar-refractivity contribution in [2.45, 2.75) is 86.5 Å². The molecule has 0 aliphatic carbocycles. The fraction of sp³-hybridized carbons (Fsp3) is 0.394. The van der Waals surface area contributed by atoms with Crippen LogP contribution in [-0.2, 0) is 19.3 Å². The molecule has 0 aromatic heterocycles. The summed E-state index contributed by atoms with van der Waals surface area (Å²) in [7, 11) is 0. The predicted octanol–water partition coefficient (Wildman–Crippen LogP) is 10.4. The highest BCUT2D eigenvalue weighted by Gasteiger charge is 2.11. The van der Waals surface area contributed by atoms with Gasteiger partial charge in [0.2, 0.25) is 0 Å². The van der Waals surface area contributed by atoms with Crippen LogP contribution in [0.4, 0.5) is 5.69 Å². The normalized spacial score (nSPS) is 12.0. The monoisotopic (exact) mass is 466 g/mol. The lowest BCUT2D eigenvalue weighted by Gasteiger charge is -2.16. The van der Waals surface area contributed by atoms with Crippen molar-refractivity contribution in [3.63, 3.8) is 0 Å². The van der Waals surface area contributed by atoms with Crippen LogP contribution in [0.5, 0.6) is 0 Å². The van der Waals surface area contributed by atoms with Gasteiger partial charge in [-0.25, -0.2) is 0 Å². The summed E-state index contributed by atoms with van der Waals surface area (Å²) in [6.45, 7) is 13.2. The molecule has 2 nitrogen and oxygen atoms in total. The first-order valence-electron chi connectivity index (χ1n) is 13.4. The van der Waals surface area contributed by atoms with Crippen molar-refractivity contribution < 1.29 is 0 Å². The third-order valence-electron chi connectivity index (χ3n) is 6.87. The standard InChI is InChI=1S/C33H42N2/c1-7-10-15-30-23-31(19-24(4)26(30)6)35-34-25(5)20-27-21-28(9-3)32(18-11-8-2)33(22-27)29-16-13-12-14-17-29/h12-14,16-17,19-23H,7-11,15,18H2,1-6H3. The van der Waals surface area contributed by atoms with Gasteiger partial charge >= 0.3 is 0 Å². The summed E-state index contributed by atoms with van der Waals surface area (Å²) in [5.74, 6) is 0. The number of hydrogen-bond acceptors (Lipinski definition) is 2. The van der Waals surface area contributed by atoms with E-state index in [-0.39, 0.29) is 0 Å². The van der Waals surface area contributed by atoms with E-state index in [1.165, 1.54) is 70.2 Å². The highest BCUT2D eigenvalue weighted by Crippen LogP contribution is 2.31. The molecule has 0 bridgehead atoms. The lowest BCUT2D eigenvalue weighted by atomic mass is 9.89. The molecule has 0 radical (unpaired) electrons. The molecule has 0 unspecified atom stereocenters. The van der Waals surface area contributed by atoms with Crippen LogP contribution in [0.25, 0.3) is 17.2 Å². The lowest BCUT2D eigenvalue weighted by Crippen LogP contribution is -1.99. The van der Waals surface area contributed by atoms with Crippen LogP contribution >= 0.6 is 0 Å². The van der Waals surface area contributed by atoms with Crippen LogP contribution in [-0.4, -0.2) is 0 Å². The van der Waals surface area contributed by atoms with Crippen LogP contribution < -0.4 is 0 Å². The second-order valence-corrected chi connectivity index (χ2v) is 9.67. The minimum Gasteiger partial charge on any atom is -0.155 e. The molecule has 3 aromatic rings. The van der Waals surface area contributed by atoms with E-state index in [1.54, 1.807) is 0 Å². The van der Waals surface area contributed by atoms with Gasteiger partial charge in [-0.3, -0.25) is 0 Å². The molecule has 0 amide bonds. The van der Waals surface area contributed by atoms with E-state index in [4.69, 9.17) is 0 Å². The van der Waals surface area contributed by atoms with Gasteiger partial charge in [-0.05, 0) is 122 Å². The van der Waals surface area contributed by atoms with E-state index < -0.39 is 0 Å². The minimum atomic E-state index is 0.917. The molecule has 2 heteroatoms. The number of allylic oxidation sites excluding steroid dienone is 1. The van der Waals surface area contributed by atoms with Crippen LogP contribution in [0, 0.1) is 13.8 Å². The van der Waals surface area contributed by atoms with Crippen molar-refractivity contribution >= 4 is 11.8 Å². The first-order chi connectivity index (χ1) is 17.0. The Hall–Kier alpha value is -3.00. The van der Waals surface area contributed by atoms with Gasteiger partial charge in [0.25, 0.3) is 0 Å². The van der Waals surface area contributed by atoms with Crippen LogP contribution in [0.2, 0.25) is 0 Å². The number of unbranched alkanes of at least 4 members (excludes halogenated alkanes) is 2. The Morgan fingerprint density at radius 1 is 0.829 bits per heavy atom. The molecule has 0 heterocycles. The maximum Gasteiger partial charge on any atom is 0.0862 e. The van der Waals surface area contributed by atoms with E-state index >= 15 is 0 Å². The van der Waals surface area contributed by atoms with Gasteiger partial charge in [0.05, 0.1) is 11.4 Å². The van der Waals surface area contributed by atoms with Crippen molar-refractivity contribution in [1.82, 2.24) is 0 Å². The minimum absolute atomic E-state index is 0.917. The summed E-state index contributed by atoms with van der Waals surface area (Å²) in [4.78, 5) is 0. The Balaban J connectivity index is 1.95. The van der Waals surface area contributed by atoms with Crippen molar-refractivity contribution in [3.8, 4) is 11.1 Å². The topological polar surface area (TPSA) is 24.7 Å². The van der Waals surface area contributed by atoms with E-state index in [0.29, 0.717) is 0 Å². The Morgan fingerprint density at radius 2 is 1.54 bits per heavy atom. The Bertz CT molecular complexity index is 1170. The highest BCUT2D eigenvalue weighted by atomic mass is 15.1. The lowest BCUT2D eigenvalue weighted by molar-refractivity contribution is 0.788. The van der Waals surface area contributed by atoms with Crippen molar-refractivity contribution in [2.24, 2.45) is 10.2 Å². The average Bonchev–Trinajstić information content (AvgIpc) is 2.87. The molecule has 0 saturated heterocycles. The van der Waals surface area contributed by atoms with Gasteiger partial charge in [-0.1, -0.05) is 70.0 Å². The van der Waals surface area contributed by atoms with Crippen LogP contribution in [0.3, 0.4) is 0 Å². The summed E-state index contributed by atoms with van der Waals surface area (Å²) in [5, 5.41) is 9.21. The van der Waals surface area contributed by atoms with Gasteiger partial charge in [-0.15, -0.1) is 0 Å². The molecule has 0 spiro atoms. The third-order valence-corrected chi connectivity index (χ3v) is 6.87. The second-order valence-electron chi connectivity index (χ2n) is 9.67. The number of rotatable bonds is 11. The van der Waals surface area contributed by atoms with Gasteiger partial charge < -0.3 is 0 Å². The Labute approximate surface area is 213 Å². The zero-order valence-corrected chi connectivity index (χ0v) is 22.6. The third kappa shape index (κ3) is 7.24. The zero-order valence-electron chi connectivity index (χ0n) is 22.6. The molecule has 3 aromatic carbocycles. The molecule has 3 rings (SSSR count). The first-order valence-corrected chi connectivity index (χ1v) is 13.4. The number of azo groups is 1. The number of hydrogen-bond donors (Lipinski definition) is 0. The molecule has 184 valence electrons. The number of nitrogens with zero attached hydrogens (tertiary/aromatic N) is 2. The van der Waals surface area contributed by atoms with Gasteiger partial charge in [0, 0.05) is 0 Å². The predicted molar refractivity (Wildman–Crippen MR) is 153 cm³/mol. The molecule has 0 atom stereocenters. The fourth-order valence-corrected chi connectivity index (χ4v) is 4.68. The van der Waals surface area contributed by atoms with E-state index in [0.717, 1.165) is 30.6 Å². The van der Waals surface area contributed by atoms with E-state index in [2.05, 4.69) is 106 Å². The van der Waals surface area contributed by atoms with Gasteiger partial charge in [0.1, 0.15) is 0 Å². The Kier molecular flexibility index (Phi) is 10.0. The van der Waals surface area contributed by atoms with Crippen molar-refractivity contribution in [3.05, 3.63) is 93.7 Å². The number of aryl methyl sites for hydroxylation is 3. The largest absolute Gasteiger partial charge is 0.155 e. The van der Waals surface area contributed by atoms with Gasteiger partial charge in [0.15, 0.2) is 0 Å². The maximum absolute atomic E-state index is 4.61. The van der Waals surface area contributed by atoms with Gasteiger partial charge in [-0.2, -0.15) is 10.2 Å². The second kappa shape index (κ2) is 13.2. The highest BCUT2D eigenvalue weighted by molar-refractivity contribution is 5.73. The van der Waals surface area contributed by atoms with E-state index in [1.807, 2.05) is 6.92 Å². The van der Waals surface area contributed by atoms with Crippen molar-refractivity contribution in [1.29, 1.82) is 0 Å². The average molecular weight is 467 g/mol. The molecule has 0 aliphatic rings. The molecule has 0 N–H and O–H groups in total. The summed E-state index contributed by atoms with van der Waals surface area (Å²) in [6, 6.07) is 19.8. The summed E-state index contributed by atoms with van der Waals surface area (Å²) in [5.41, 5.74) is 12.7. The molecular weight excluding hydrogens is 424 g/mol. The summed E-state index contributed by atoms with van der Waals surface area (Å²) >= 11 is 0. The van der Waals surface area contributed by atoms with Crippen LogP contribution in [0.15, 0.2) is 70.5 Å². The fourth-order valence-electron chi connectivity index (χ4n) is 4.68. The smallest absolute Gasteiger partial charge is 0.0862 e. The van der Waals surface area contributed by atoms with E-state index in [9.17, 15) is 0 Å². The molecule has 35 heavy (non-hydrogen) atoms. The SMILES string of the molecule is CCCCc1cc(N=NC(C)=Cc2cc(CC)c(CCCC)c(-c3ccccc3)c2)cc(C)c1C. The molecule has 0 aliphatic heterocycles. The summed E-state index contributed by atoms with van der Waals surface area (Å²) < 4.78 is 0.